The van der Waals surface area contributed by atoms with Crippen LogP contribution in [0, 0.1) is 6.92 Å². The van der Waals surface area contributed by atoms with E-state index in [0.717, 1.165) is 15.4 Å². The van der Waals surface area contributed by atoms with Gasteiger partial charge >= 0.3 is 23.5 Å². The van der Waals surface area contributed by atoms with Gasteiger partial charge in [-0.15, -0.1) is 0 Å². The van der Waals surface area contributed by atoms with Crippen LogP contribution >= 0.6 is 11.6 Å². The molecular formula is C17H15ClN2O5. The number of imide groups is 2. The molecule has 0 unspecified atom stereocenters. The summed E-state index contributed by atoms with van der Waals surface area (Å²) in [6.45, 7) is 4.83. The molecule has 2 aromatic rings. The molecule has 1 aliphatic rings. The van der Waals surface area contributed by atoms with E-state index in [1.807, 2.05) is 0 Å². The first-order chi connectivity index (χ1) is 11.7. The number of carbonyl (C=O) groups is 3. The lowest BCUT2D eigenvalue weighted by molar-refractivity contribution is -0.144. The minimum atomic E-state index is -0.918. The van der Waals surface area contributed by atoms with Crippen LogP contribution in [0.4, 0.5) is 4.79 Å². The third kappa shape index (κ3) is 2.80. The lowest BCUT2D eigenvalue weighted by atomic mass is 10.1. The zero-order valence-electron chi connectivity index (χ0n) is 13.8. The van der Waals surface area contributed by atoms with E-state index in [1.54, 1.807) is 32.9 Å². The predicted molar refractivity (Wildman–Crippen MR) is 90.2 cm³/mol. The number of amides is 4. The molecule has 1 aromatic heterocycles. The Balaban J connectivity index is 2.08. The Morgan fingerprint density at radius 1 is 1.08 bits per heavy atom. The van der Waals surface area contributed by atoms with Crippen molar-refractivity contribution in [3.63, 3.8) is 0 Å². The largest absolute Gasteiger partial charge is 0.423 e. The molecule has 1 saturated heterocycles. The summed E-state index contributed by atoms with van der Waals surface area (Å²) in [5.41, 5.74) is 0.795. The van der Waals surface area contributed by atoms with E-state index < -0.39 is 29.5 Å². The van der Waals surface area contributed by atoms with E-state index in [1.165, 1.54) is 6.07 Å². The molecule has 0 spiro atoms. The minimum Gasteiger partial charge on any atom is -0.423 e. The smallest absolute Gasteiger partial charge is 0.336 e. The first kappa shape index (κ1) is 17.2. The van der Waals surface area contributed by atoms with Crippen molar-refractivity contribution in [3.05, 3.63) is 44.8 Å². The molecule has 0 N–H and O–H groups in total. The van der Waals surface area contributed by atoms with E-state index in [4.69, 9.17) is 16.0 Å². The third-order valence-electron chi connectivity index (χ3n) is 4.04. The van der Waals surface area contributed by atoms with Crippen molar-refractivity contribution in [1.82, 2.24) is 9.80 Å². The average Bonchev–Trinajstić information content (AvgIpc) is 2.72. The molecule has 1 aromatic carbocycles. The van der Waals surface area contributed by atoms with Gasteiger partial charge in [0.25, 0.3) is 0 Å². The summed E-state index contributed by atoms with van der Waals surface area (Å²) in [6, 6.07) is 3.27. The van der Waals surface area contributed by atoms with Crippen molar-refractivity contribution in [2.24, 2.45) is 0 Å². The average molecular weight is 363 g/mol. The van der Waals surface area contributed by atoms with Gasteiger partial charge in [0.2, 0.25) is 0 Å². The summed E-state index contributed by atoms with van der Waals surface area (Å²) in [4.78, 5) is 50.1. The maximum Gasteiger partial charge on any atom is 0.336 e. The lowest BCUT2D eigenvalue weighted by Gasteiger charge is -2.18. The lowest BCUT2D eigenvalue weighted by Crippen LogP contribution is -2.38. The van der Waals surface area contributed by atoms with Gasteiger partial charge in [0.05, 0.1) is 6.54 Å². The highest BCUT2D eigenvalue weighted by molar-refractivity contribution is 6.44. The second-order valence-corrected chi connectivity index (χ2v) is 6.54. The molecule has 7 nitrogen and oxygen atoms in total. The summed E-state index contributed by atoms with van der Waals surface area (Å²) >= 11 is 6.13. The monoisotopic (exact) mass is 362 g/mol. The van der Waals surface area contributed by atoms with E-state index in [-0.39, 0.29) is 6.54 Å². The number of nitrogens with zero attached hydrogens (tertiary/aromatic N) is 2. The van der Waals surface area contributed by atoms with Crippen LogP contribution in [0.2, 0.25) is 5.02 Å². The second kappa shape index (κ2) is 6.00. The van der Waals surface area contributed by atoms with Gasteiger partial charge in [-0.3, -0.25) is 19.4 Å². The minimum absolute atomic E-state index is 0.214. The fourth-order valence-corrected chi connectivity index (χ4v) is 2.93. The Hall–Kier alpha value is -2.67. The number of rotatable bonds is 3. The van der Waals surface area contributed by atoms with E-state index in [9.17, 15) is 19.2 Å². The second-order valence-electron chi connectivity index (χ2n) is 6.13. The fraction of sp³-hybridized carbons (Fsp3) is 0.294. The first-order valence-corrected chi connectivity index (χ1v) is 8.00. The van der Waals surface area contributed by atoms with Crippen LogP contribution in [0.3, 0.4) is 0 Å². The van der Waals surface area contributed by atoms with E-state index in [2.05, 4.69) is 0 Å². The van der Waals surface area contributed by atoms with Crippen molar-refractivity contribution in [2.75, 3.05) is 0 Å². The number of aryl methyl sites for hydroxylation is 1. The van der Waals surface area contributed by atoms with E-state index in [0.29, 0.717) is 21.6 Å². The number of hydrogen-bond donors (Lipinski definition) is 0. The zero-order chi connectivity index (χ0) is 18.5. The number of halogens is 1. The molecule has 0 bridgehead atoms. The van der Waals surface area contributed by atoms with Gasteiger partial charge in [0.15, 0.2) is 0 Å². The van der Waals surface area contributed by atoms with Gasteiger partial charge in [-0.2, -0.15) is 0 Å². The van der Waals surface area contributed by atoms with Crippen LogP contribution in [-0.2, 0) is 16.1 Å². The molecule has 0 aliphatic carbocycles. The highest BCUT2D eigenvalue weighted by Gasteiger charge is 2.45. The van der Waals surface area contributed by atoms with Gasteiger partial charge in [-0.05, 0) is 44.0 Å². The molecule has 0 radical (unpaired) electrons. The van der Waals surface area contributed by atoms with Gasteiger partial charge in [0.1, 0.15) is 5.58 Å². The molecule has 1 fully saturated rings. The number of urea groups is 1. The first-order valence-electron chi connectivity index (χ1n) is 7.62. The molecule has 130 valence electrons. The predicted octanol–water partition coefficient (Wildman–Crippen LogP) is 2.45. The van der Waals surface area contributed by atoms with Crippen molar-refractivity contribution < 1.29 is 18.8 Å². The third-order valence-corrected chi connectivity index (χ3v) is 4.45. The van der Waals surface area contributed by atoms with Gasteiger partial charge in [-0.25, -0.2) is 9.59 Å². The maximum atomic E-state index is 12.4. The molecule has 3 rings (SSSR count). The fourth-order valence-electron chi connectivity index (χ4n) is 2.77. The van der Waals surface area contributed by atoms with Crippen LogP contribution in [0.25, 0.3) is 11.0 Å². The molecule has 8 heteroatoms. The maximum absolute atomic E-state index is 12.4. The van der Waals surface area contributed by atoms with Crippen molar-refractivity contribution >= 4 is 40.4 Å². The highest BCUT2D eigenvalue weighted by atomic mass is 35.5. The summed E-state index contributed by atoms with van der Waals surface area (Å²) in [5, 5.41) is 0.966. The number of benzene rings is 1. The van der Waals surface area contributed by atoms with Gasteiger partial charge in [0, 0.05) is 22.5 Å². The van der Waals surface area contributed by atoms with Crippen molar-refractivity contribution in [2.45, 2.75) is 33.4 Å². The normalized spacial score (nSPS) is 15.2. The van der Waals surface area contributed by atoms with Crippen LogP contribution in [0.5, 0.6) is 0 Å². The van der Waals surface area contributed by atoms with Gasteiger partial charge < -0.3 is 4.42 Å². The standard InChI is InChI=1S/C17H15ClN2O5/c1-8(2)20-16(23)15(22)19(17(20)24)7-10-5-14(21)25-13-4-9(3)12(18)6-11(10)13/h4-6,8H,7H2,1-3H3. The summed E-state index contributed by atoms with van der Waals surface area (Å²) < 4.78 is 5.16. The summed E-state index contributed by atoms with van der Waals surface area (Å²) in [5.74, 6) is -1.79. The Morgan fingerprint density at radius 3 is 2.36 bits per heavy atom. The molecule has 2 heterocycles. The zero-order valence-corrected chi connectivity index (χ0v) is 14.6. The quantitative estimate of drug-likeness (QED) is 0.475. The SMILES string of the molecule is Cc1cc2oc(=O)cc(CN3C(=O)C(=O)N(C(C)C)C3=O)c2cc1Cl. The Bertz CT molecular complexity index is 979. The molecule has 0 saturated carbocycles. The summed E-state index contributed by atoms with van der Waals surface area (Å²) in [6.07, 6.45) is 0. The molecule has 1 aliphatic heterocycles. The van der Waals surface area contributed by atoms with E-state index >= 15 is 0 Å². The molecule has 4 amide bonds. The number of fused-ring (bicyclic) bond motifs is 1. The van der Waals surface area contributed by atoms with Crippen molar-refractivity contribution in [3.8, 4) is 0 Å². The molecule has 25 heavy (non-hydrogen) atoms. The Kier molecular flexibility index (Phi) is 4.12. The van der Waals surface area contributed by atoms with Gasteiger partial charge in [-0.1, -0.05) is 11.6 Å². The number of hydrogen-bond acceptors (Lipinski definition) is 5. The Morgan fingerprint density at radius 2 is 1.76 bits per heavy atom. The van der Waals surface area contributed by atoms with Crippen LogP contribution in [0.15, 0.2) is 27.4 Å². The Labute approximate surface area is 147 Å². The topological polar surface area (TPSA) is 87.9 Å². The highest BCUT2D eigenvalue weighted by Crippen LogP contribution is 2.27. The van der Waals surface area contributed by atoms with Crippen LogP contribution in [0.1, 0.15) is 25.0 Å². The number of carbonyl (C=O) groups excluding carboxylic acids is 3. The summed E-state index contributed by atoms with van der Waals surface area (Å²) in [7, 11) is 0. The molecular weight excluding hydrogens is 348 g/mol. The van der Waals surface area contributed by atoms with Crippen molar-refractivity contribution in [1.29, 1.82) is 0 Å². The van der Waals surface area contributed by atoms with Crippen LogP contribution < -0.4 is 5.63 Å². The molecule has 0 atom stereocenters. The van der Waals surface area contributed by atoms with Crippen LogP contribution in [-0.4, -0.2) is 33.7 Å².